The molecule has 0 radical (unpaired) electrons. The minimum Gasteiger partial charge on any atom is -0.320 e. The molecule has 152 valence electrons. The van der Waals surface area contributed by atoms with Crippen LogP contribution in [0, 0.1) is 10.1 Å². The van der Waals surface area contributed by atoms with Gasteiger partial charge in [0.25, 0.3) is 5.69 Å². The minimum atomic E-state index is -0.518. The predicted octanol–water partition coefficient (Wildman–Crippen LogP) is 4.79. The third-order valence-electron chi connectivity index (χ3n) is 4.15. The number of thiophene rings is 1. The first-order chi connectivity index (χ1) is 13.9. The first kappa shape index (κ1) is 21.0. The predicted molar refractivity (Wildman–Crippen MR) is 116 cm³/mol. The van der Waals surface area contributed by atoms with Crippen molar-refractivity contribution >= 4 is 40.4 Å². The molecule has 3 rings (SSSR count). The number of benzene rings is 1. The number of nitrogens with zero attached hydrogens (tertiary/aromatic N) is 4. The van der Waals surface area contributed by atoms with Gasteiger partial charge in [-0.05, 0) is 32.4 Å². The summed E-state index contributed by atoms with van der Waals surface area (Å²) in [6.07, 6.45) is 0.966. The van der Waals surface area contributed by atoms with E-state index in [-0.39, 0.29) is 29.1 Å². The van der Waals surface area contributed by atoms with Gasteiger partial charge in [-0.3, -0.25) is 19.5 Å². The Morgan fingerprint density at radius 1 is 1.34 bits per heavy atom. The molecule has 0 bridgehead atoms. The van der Waals surface area contributed by atoms with Crippen LogP contribution in [0.15, 0.2) is 40.9 Å². The van der Waals surface area contributed by atoms with E-state index in [1.165, 1.54) is 28.8 Å². The van der Waals surface area contributed by atoms with Crippen molar-refractivity contribution in [2.75, 3.05) is 11.1 Å². The van der Waals surface area contributed by atoms with E-state index in [0.717, 1.165) is 17.8 Å². The highest BCUT2D eigenvalue weighted by atomic mass is 32.2. The molecule has 0 aliphatic carbocycles. The maximum atomic E-state index is 12.4. The molecule has 3 aromatic rings. The molecule has 0 unspecified atom stereocenters. The Morgan fingerprint density at radius 3 is 2.76 bits per heavy atom. The van der Waals surface area contributed by atoms with Crippen LogP contribution >= 0.6 is 23.1 Å². The van der Waals surface area contributed by atoms with Gasteiger partial charge < -0.3 is 5.32 Å². The van der Waals surface area contributed by atoms with Gasteiger partial charge in [-0.15, -0.1) is 21.5 Å². The number of thioether (sulfide) groups is 1. The normalized spacial score (nSPS) is 11.0. The monoisotopic (exact) mass is 431 g/mol. The molecule has 0 aliphatic heterocycles. The number of para-hydroxylation sites is 2. The second-order valence-electron chi connectivity index (χ2n) is 6.54. The van der Waals surface area contributed by atoms with Crippen LogP contribution in [0.1, 0.15) is 31.7 Å². The summed E-state index contributed by atoms with van der Waals surface area (Å²) in [5, 5.41) is 25.0. The van der Waals surface area contributed by atoms with Crippen LogP contribution < -0.4 is 5.32 Å². The highest BCUT2D eigenvalue weighted by molar-refractivity contribution is 7.99. The van der Waals surface area contributed by atoms with Crippen LogP contribution in [0.5, 0.6) is 0 Å². The van der Waals surface area contributed by atoms with E-state index in [4.69, 9.17) is 0 Å². The van der Waals surface area contributed by atoms with E-state index in [1.807, 2.05) is 18.4 Å². The van der Waals surface area contributed by atoms with Gasteiger partial charge in [-0.25, -0.2) is 0 Å². The maximum Gasteiger partial charge on any atom is 0.292 e. The number of carbonyl (C=O) groups excluding carboxylic acids is 1. The Hall–Kier alpha value is -2.72. The second kappa shape index (κ2) is 9.19. The molecule has 0 spiro atoms. The van der Waals surface area contributed by atoms with Crippen molar-refractivity contribution < 1.29 is 9.72 Å². The molecule has 1 N–H and O–H groups in total. The summed E-state index contributed by atoms with van der Waals surface area (Å²) in [6, 6.07) is 8.30. The van der Waals surface area contributed by atoms with E-state index < -0.39 is 4.92 Å². The minimum absolute atomic E-state index is 0.0702. The summed E-state index contributed by atoms with van der Waals surface area (Å²) in [6.45, 7) is 6.19. The number of hydrogen-bond donors (Lipinski definition) is 1. The number of anilines is 1. The molecule has 0 saturated heterocycles. The topological polar surface area (TPSA) is 103 Å². The fraction of sp³-hybridized carbons (Fsp3) is 0.316. The van der Waals surface area contributed by atoms with Crippen molar-refractivity contribution in [1.82, 2.24) is 14.8 Å². The van der Waals surface area contributed by atoms with Crippen LogP contribution in [-0.2, 0) is 11.2 Å². The van der Waals surface area contributed by atoms with E-state index in [0.29, 0.717) is 5.16 Å². The lowest BCUT2D eigenvalue weighted by atomic mass is 10.2. The molecule has 2 aromatic heterocycles. The summed E-state index contributed by atoms with van der Waals surface area (Å²) in [7, 11) is 0. The zero-order chi connectivity index (χ0) is 21.0. The molecule has 8 nitrogen and oxygen atoms in total. The smallest absolute Gasteiger partial charge is 0.292 e. The molecule has 10 heteroatoms. The van der Waals surface area contributed by atoms with Gasteiger partial charge in [0.2, 0.25) is 5.91 Å². The van der Waals surface area contributed by atoms with E-state index in [2.05, 4.69) is 33.9 Å². The summed E-state index contributed by atoms with van der Waals surface area (Å²) in [4.78, 5) is 24.2. The average Bonchev–Trinajstić information content (AvgIpc) is 3.33. The van der Waals surface area contributed by atoms with Crippen molar-refractivity contribution in [2.45, 2.75) is 38.4 Å². The summed E-state index contributed by atoms with van der Waals surface area (Å²) in [5.41, 5.74) is 1.06. The van der Waals surface area contributed by atoms with Crippen molar-refractivity contribution in [3.05, 3.63) is 50.7 Å². The van der Waals surface area contributed by atoms with Crippen LogP contribution in [-0.4, -0.2) is 31.3 Å². The highest BCUT2D eigenvalue weighted by Crippen LogP contribution is 2.31. The number of hydrogen-bond acceptors (Lipinski definition) is 7. The molecule has 2 heterocycles. The molecule has 0 fully saturated rings. The lowest BCUT2D eigenvalue weighted by Gasteiger charge is -2.13. The van der Waals surface area contributed by atoms with Crippen LogP contribution in [0.25, 0.3) is 11.4 Å². The first-order valence-corrected chi connectivity index (χ1v) is 11.0. The molecule has 1 amide bonds. The number of rotatable bonds is 8. The van der Waals surface area contributed by atoms with Crippen molar-refractivity contribution in [2.24, 2.45) is 0 Å². The molecule has 0 saturated carbocycles. The summed E-state index contributed by atoms with van der Waals surface area (Å²) >= 11 is 2.95. The largest absolute Gasteiger partial charge is 0.320 e. The quantitative estimate of drug-likeness (QED) is 0.312. The molecular weight excluding hydrogens is 410 g/mol. The third kappa shape index (κ3) is 4.83. The number of aromatic nitrogens is 3. The van der Waals surface area contributed by atoms with Crippen molar-refractivity contribution in [3.8, 4) is 11.4 Å². The SMILES string of the molecule is CCc1cc(-c2nnc(SCC(=O)Nc3ccccc3[N+](=O)[O-])n2C(C)C)cs1. The van der Waals surface area contributed by atoms with Crippen LogP contribution in [0.2, 0.25) is 0 Å². The molecule has 1 aromatic carbocycles. The van der Waals surface area contributed by atoms with E-state index in [1.54, 1.807) is 23.5 Å². The van der Waals surface area contributed by atoms with Gasteiger partial charge in [-0.2, -0.15) is 0 Å². The summed E-state index contributed by atoms with van der Waals surface area (Å²) in [5.74, 6) is 0.506. The number of nitro groups is 1. The maximum absolute atomic E-state index is 12.4. The highest BCUT2D eigenvalue weighted by Gasteiger charge is 2.20. The van der Waals surface area contributed by atoms with Gasteiger partial charge >= 0.3 is 0 Å². The number of nitrogens with one attached hydrogen (secondary N) is 1. The van der Waals surface area contributed by atoms with E-state index in [9.17, 15) is 14.9 Å². The zero-order valence-electron chi connectivity index (χ0n) is 16.3. The van der Waals surface area contributed by atoms with Crippen molar-refractivity contribution in [3.63, 3.8) is 0 Å². The van der Waals surface area contributed by atoms with Gasteiger partial charge in [0, 0.05) is 27.9 Å². The third-order valence-corrected chi connectivity index (χ3v) is 6.17. The summed E-state index contributed by atoms with van der Waals surface area (Å²) < 4.78 is 2.00. The lowest BCUT2D eigenvalue weighted by Crippen LogP contribution is -2.16. The fourth-order valence-electron chi connectivity index (χ4n) is 2.78. The van der Waals surface area contributed by atoms with Gasteiger partial charge in [0.15, 0.2) is 11.0 Å². The molecule has 0 atom stereocenters. The Bertz CT molecular complexity index is 1030. The van der Waals surface area contributed by atoms with Gasteiger partial charge in [-0.1, -0.05) is 30.8 Å². The second-order valence-corrected chi connectivity index (χ2v) is 8.47. The Morgan fingerprint density at radius 2 is 2.10 bits per heavy atom. The first-order valence-electron chi connectivity index (χ1n) is 9.09. The molecular formula is C19H21N5O3S2. The average molecular weight is 432 g/mol. The zero-order valence-corrected chi connectivity index (χ0v) is 17.9. The molecule has 29 heavy (non-hydrogen) atoms. The molecule has 0 aliphatic rings. The van der Waals surface area contributed by atoms with Crippen LogP contribution in [0.4, 0.5) is 11.4 Å². The Balaban J connectivity index is 1.74. The number of amides is 1. The lowest BCUT2D eigenvalue weighted by molar-refractivity contribution is -0.383. The van der Waals surface area contributed by atoms with Crippen LogP contribution in [0.3, 0.4) is 0 Å². The number of carbonyl (C=O) groups is 1. The number of aryl methyl sites for hydroxylation is 1. The Labute approximate surface area is 176 Å². The number of nitro benzene ring substituents is 1. The van der Waals surface area contributed by atoms with Gasteiger partial charge in [0.1, 0.15) is 5.69 Å². The van der Waals surface area contributed by atoms with Gasteiger partial charge in [0.05, 0.1) is 10.7 Å². The van der Waals surface area contributed by atoms with E-state index >= 15 is 0 Å². The standard InChI is InChI=1S/C19H21N5O3S2/c1-4-14-9-13(10-28-14)18-21-22-19(23(18)12(2)3)29-11-17(25)20-15-7-5-6-8-16(15)24(26)27/h5-10,12H,4,11H2,1-3H3,(H,20,25). The fourth-order valence-corrected chi connectivity index (χ4v) is 4.46. The Kier molecular flexibility index (Phi) is 6.65. The van der Waals surface area contributed by atoms with Crippen molar-refractivity contribution in [1.29, 1.82) is 0 Å².